The first-order valence-electron chi connectivity index (χ1n) is 8.84. The van der Waals surface area contributed by atoms with Crippen LogP contribution >= 0.6 is 0 Å². The van der Waals surface area contributed by atoms with E-state index < -0.39 is 0 Å². The fourth-order valence-electron chi connectivity index (χ4n) is 2.85. The average Bonchev–Trinajstić information content (AvgIpc) is 3.25. The SMILES string of the molecule is O=C(c1cc(-c2cnccn2)n[nH]1)N(Cc1ccccc1)Cc1ccccn1. The zero-order valence-corrected chi connectivity index (χ0v) is 15.1. The van der Waals surface area contributed by atoms with Crippen molar-refractivity contribution in [3.63, 3.8) is 0 Å². The van der Waals surface area contributed by atoms with Crippen LogP contribution in [0.25, 0.3) is 11.4 Å². The van der Waals surface area contributed by atoms with E-state index in [1.807, 2.05) is 48.5 Å². The normalized spacial score (nSPS) is 10.6. The summed E-state index contributed by atoms with van der Waals surface area (Å²) in [5, 5.41) is 7.04. The van der Waals surface area contributed by atoms with Gasteiger partial charge in [-0.05, 0) is 23.8 Å². The molecule has 0 bridgehead atoms. The lowest BCUT2D eigenvalue weighted by Crippen LogP contribution is -2.30. The van der Waals surface area contributed by atoms with Gasteiger partial charge in [0.25, 0.3) is 5.91 Å². The largest absolute Gasteiger partial charge is 0.327 e. The minimum absolute atomic E-state index is 0.155. The van der Waals surface area contributed by atoms with Crippen LogP contribution in [-0.2, 0) is 13.1 Å². The first-order chi connectivity index (χ1) is 13.8. The molecule has 4 rings (SSSR count). The number of pyridine rings is 1. The molecule has 0 saturated heterocycles. The summed E-state index contributed by atoms with van der Waals surface area (Å²) in [5.41, 5.74) is 3.44. The Morgan fingerprint density at radius 1 is 0.893 bits per heavy atom. The second-order valence-electron chi connectivity index (χ2n) is 6.23. The molecule has 0 aliphatic rings. The number of amides is 1. The molecule has 0 spiro atoms. The number of hydrogen-bond donors (Lipinski definition) is 1. The number of nitrogens with one attached hydrogen (secondary N) is 1. The van der Waals surface area contributed by atoms with Gasteiger partial charge in [0.05, 0.1) is 18.4 Å². The van der Waals surface area contributed by atoms with E-state index in [0.29, 0.717) is 30.2 Å². The highest BCUT2D eigenvalue weighted by Crippen LogP contribution is 2.17. The van der Waals surface area contributed by atoms with E-state index in [1.165, 1.54) is 0 Å². The number of carbonyl (C=O) groups is 1. The molecular formula is C21H18N6O. The summed E-state index contributed by atoms with van der Waals surface area (Å²) in [6.45, 7) is 0.865. The summed E-state index contributed by atoms with van der Waals surface area (Å²) >= 11 is 0. The van der Waals surface area contributed by atoms with E-state index in [9.17, 15) is 4.79 Å². The Morgan fingerprint density at radius 3 is 2.50 bits per heavy atom. The van der Waals surface area contributed by atoms with Crippen molar-refractivity contribution in [2.24, 2.45) is 0 Å². The Labute approximate surface area is 162 Å². The summed E-state index contributed by atoms with van der Waals surface area (Å²) in [7, 11) is 0. The topological polar surface area (TPSA) is 87.7 Å². The highest BCUT2D eigenvalue weighted by atomic mass is 16.2. The number of benzene rings is 1. The van der Waals surface area contributed by atoms with Gasteiger partial charge in [-0.3, -0.25) is 24.8 Å². The summed E-state index contributed by atoms with van der Waals surface area (Å²) in [5.74, 6) is -0.155. The van der Waals surface area contributed by atoms with Gasteiger partial charge in [-0.2, -0.15) is 5.10 Å². The molecule has 3 aromatic heterocycles. The first kappa shape index (κ1) is 17.5. The van der Waals surface area contributed by atoms with Crippen molar-refractivity contribution in [2.75, 3.05) is 0 Å². The summed E-state index contributed by atoms with van der Waals surface area (Å²) in [4.78, 5) is 27.5. The fourth-order valence-corrected chi connectivity index (χ4v) is 2.85. The van der Waals surface area contributed by atoms with E-state index in [2.05, 4.69) is 25.1 Å². The van der Waals surface area contributed by atoms with Crippen LogP contribution < -0.4 is 0 Å². The van der Waals surface area contributed by atoms with Gasteiger partial charge in [-0.15, -0.1) is 0 Å². The predicted octanol–water partition coefficient (Wildman–Crippen LogP) is 3.10. The van der Waals surface area contributed by atoms with Crippen LogP contribution in [0.3, 0.4) is 0 Å². The zero-order chi connectivity index (χ0) is 19.2. The van der Waals surface area contributed by atoms with E-state index in [4.69, 9.17) is 0 Å². The Kier molecular flexibility index (Phi) is 5.15. The van der Waals surface area contributed by atoms with Crippen LogP contribution in [0.5, 0.6) is 0 Å². The minimum Gasteiger partial charge on any atom is -0.327 e. The predicted molar refractivity (Wildman–Crippen MR) is 104 cm³/mol. The number of nitrogens with zero attached hydrogens (tertiary/aromatic N) is 5. The molecule has 1 N–H and O–H groups in total. The maximum absolute atomic E-state index is 13.2. The molecule has 7 heteroatoms. The lowest BCUT2D eigenvalue weighted by atomic mass is 10.2. The number of hydrogen-bond acceptors (Lipinski definition) is 5. The van der Waals surface area contributed by atoms with Gasteiger partial charge in [0.1, 0.15) is 17.1 Å². The lowest BCUT2D eigenvalue weighted by Gasteiger charge is -2.22. The Hall–Kier alpha value is -3.87. The molecule has 0 unspecified atom stereocenters. The highest BCUT2D eigenvalue weighted by molar-refractivity contribution is 5.93. The molecule has 0 saturated carbocycles. The van der Waals surface area contributed by atoms with Crippen molar-refractivity contribution in [3.8, 4) is 11.4 Å². The van der Waals surface area contributed by atoms with Crippen LogP contribution in [0.2, 0.25) is 0 Å². The molecular weight excluding hydrogens is 352 g/mol. The van der Waals surface area contributed by atoms with Crippen molar-refractivity contribution in [1.82, 2.24) is 30.0 Å². The van der Waals surface area contributed by atoms with Crippen molar-refractivity contribution in [3.05, 3.63) is 96.3 Å². The second-order valence-corrected chi connectivity index (χ2v) is 6.23. The second kappa shape index (κ2) is 8.22. The summed E-state index contributed by atoms with van der Waals surface area (Å²) < 4.78 is 0. The molecule has 28 heavy (non-hydrogen) atoms. The van der Waals surface area contributed by atoms with Crippen molar-refractivity contribution in [2.45, 2.75) is 13.1 Å². The molecule has 1 amide bonds. The zero-order valence-electron chi connectivity index (χ0n) is 15.1. The third kappa shape index (κ3) is 4.09. The Bertz CT molecular complexity index is 993. The van der Waals surface area contributed by atoms with Crippen LogP contribution in [-0.4, -0.2) is 36.0 Å². The van der Waals surface area contributed by atoms with E-state index >= 15 is 0 Å². The molecule has 0 atom stereocenters. The number of aromatic nitrogens is 5. The van der Waals surface area contributed by atoms with E-state index in [-0.39, 0.29) is 5.91 Å². The van der Waals surface area contributed by atoms with Gasteiger partial charge in [0, 0.05) is 25.1 Å². The van der Waals surface area contributed by atoms with Gasteiger partial charge >= 0.3 is 0 Å². The summed E-state index contributed by atoms with van der Waals surface area (Å²) in [6.07, 6.45) is 6.52. The maximum atomic E-state index is 13.2. The number of H-pyrrole nitrogens is 1. The van der Waals surface area contributed by atoms with Gasteiger partial charge in [-0.1, -0.05) is 36.4 Å². The third-order valence-electron chi connectivity index (χ3n) is 4.22. The number of rotatable bonds is 6. The molecule has 0 aliphatic carbocycles. The smallest absolute Gasteiger partial charge is 0.272 e. The van der Waals surface area contributed by atoms with Crippen molar-refractivity contribution < 1.29 is 4.79 Å². The molecule has 3 heterocycles. The third-order valence-corrected chi connectivity index (χ3v) is 4.22. The van der Waals surface area contributed by atoms with Gasteiger partial charge in [-0.25, -0.2) is 0 Å². The van der Waals surface area contributed by atoms with Crippen LogP contribution in [0.4, 0.5) is 0 Å². The van der Waals surface area contributed by atoms with Gasteiger partial charge in [0.2, 0.25) is 0 Å². The molecule has 1 aromatic carbocycles. The molecule has 0 fully saturated rings. The quantitative estimate of drug-likeness (QED) is 0.563. The number of aromatic amines is 1. The first-order valence-corrected chi connectivity index (χ1v) is 8.84. The average molecular weight is 370 g/mol. The minimum atomic E-state index is -0.155. The van der Waals surface area contributed by atoms with Crippen molar-refractivity contribution in [1.29, 1.82) is 0 Å². The summed E-state index contributed by atoms with van der Waals surface area (Å²) in [6, 6.07) is 17.2. The number of carbonyl (C=O) groups excluding carboxylic acids is 1. The lowest BCUT2D eigenvalue weighted by molar-refractivity contribution is 0.0722. The standard InChI is InChI=1S/C21H18N6O/c28-21(19-12-18(25-26-19)20-13-22-10-11-24-20)27(14-16-6-2-1-3-7-16)15-17-8-4-5-9-23-17/h1-13H,14-15H2,(H,25,26). The molecule has 7 nitrogen and oxygen atoms in total. The van der Waals surface area contributed by atoms with Crippen LogP contribution in [0.15, 0.2) is 79.4 Å². The van der Waals surface area contributed by atoms with E-state index in [0.717, 1.165) is 11.3 Å². The van der Waals surface area contributed by atoms with Crippen molar-refractivity contribution >= 4 is 5.91 Å². The molecule has 0 radical (unpaired) electrons. The molecule has 4 aromatic rings. The van der Waals surface area contributed by atoms with Gasteiger partial charge < -0.3 is 4.90 Å². The van der Waals surface area contributed by atoms with E-state index in [1.54, 1.807) is 35.8 Å². The Balaban J connectivity index is 1.60. The Morgan fingerprint density at radius 2 is 1.75 bits per heavy atom. The highest BCUT2D eigenvalue weighted by Gasteiger charge is 2.20. The maximum Gasteiger partial charge on any atom is 0.272 e. The van der Waals surface area contributed by atoms with Crippen LogP contribution in [0, 0.1) is 0 Å². The van der Waals surface area contributed by atoms with Gasteiger partial charge in [0.15, 0.2) is 0 Å². The monoisotopic (exact) mass is 370 g/mol. The fraction of sp³-hybridized carbons (Fsp3) is 0.0952. The molecule has 138 valence electrons. The van der Waals surface area contributed by atoms with Crippen LogP contribution in [0.1, 0.15) is 21.7 Å². The molecule has 0 aliphatic heterocycles.